The van der Waals surface area contributed by atoms with Crippen molar-refractivity contribution in [3.63, 3.8) is 0 Å². The summed E-state index contributed by atoms with van der Waals surface area (Å²) in [6.45, 7) is 2.25. The molecule has 0 heterocycles. The first-order valence-electron chi connectivity index (χ1n) is 7.17. The first-order valence-corrected chi connectivity index (χ1v) is 7.54. The highest BCUT2D eigenvalue weighted by Gasteiger charge is 2.28. The van der Waals surface area contributed by atoms with Gasteiger partial charge >= 0.3 is 5.97 Å². The average molecular weight is 308 g/mol. The van der Waals surface area contributed by atoms with Gasteiger partial charge in [-0.15, -0.1) is 0 Å². The zero-order valence-corrected chi connectivity index (χ0v) is 12.7. The molecule has 0 saturated heterocycles. The van der Waals surface area contributed by atoms with Gasteiger partial charge in [-0.3, -0.25) is 4.79 Å². The Hall–Kier alpha value is -1.73. The van der Waals surface area contributed by atoms with Gasteiger partial charge in [-0.05, 0) is 44.7 Å². The van der Waals surface area contributed by atoms with Crippen LogP contribution in [-0.4, -0.2) is 18.7 Å². The van der Waals surface area contributed by atoms with E-state index >= 15 is 0 Å². The Bertz CT molecular complexity index is 545. The number of hydrogen-bond acceptors (Lipinski definition) is 4. The lowest BCUT2D eigenvalue weighted by Gasteiger charge is -2.27. The normalized spacial score (nSPS) is 21.4. The lowest BCUT2D eigenvalue weighted by molar-refractivity contribution is -0.149. The average Bonchev–Trinajstić information content (AvgIpc) is 2.48. The molecular formula is C16H18ClNO3. The number of nitriles is 1. The summed E-state index contributed by atoms with van der Waals surface area (Å²) >= 11 is 5.98. The predicted octanol–water partition coefficient (Wildman–Crippen LogP) is 3.71. The maximum atomic E-state index is 11.7. The Balaban J connectivity index is 1.88. The largest absolute Gasteiger partial charge is 0.490 e. The molecule has 0 amide bonds. The molecule has 21 heavy (non-hydrogen) atoms. The highest BCUT2D eigenvalue weighted by molar-refractivity contribution is 6.31. The van der Waals surface area contributed by atoms with Crippen LogP contribution in [0.4, 0.5) is 0 Å². The number of rotatable bonds is 4. The minimum Gasteiger partial charge on any atom is -0.490 e. The van der Waals surface area contributed by atoms with E-state index in [1.807, 2.05) is 13.0 Å². The fourth-order valence-electron chi connectivity index (χ4n) is 2.53. The molecule has 1 saturated carbocycles. The van der Waals surface area contributed by atoms with E-state index in [0.29, 0.717) is 22.9 Å². The Morgan fingerprint density at radius 3 is 2.67 bits per heavy atom. The number of carbonyl (C=O) groups excluding carboxylic acids is 1. The summed E-state index contributed by atoms with van der Waals surface area (Å²) in [6.07, 6.45) is 3.29. The molecule has 1 aliphatic carbocycles. The second kappa shape index (κ2) is 7.33. The molecule has 0 radical (unpaired) electrons. The van der Waals surface area contributed by atoms with E-state index in [2.05, 4.69) is 0 Å². The van der Waals surface area contributed by atoms with Gasteiger partial charge in [0.25, 0.3) is 0 Å². The lowest BCUT2D eigenvalue weighted by Crippen LogP contribution is -2.29. The summed E-state index contributed by atoms with van der Waals surface area (Å²) in [6, 6.07) is 7.09. The van der Waals surface area contributed by atoms with Crippen LogP contribution in [-0.2, 0) is 9.53 Å². The van der Waals surface area contributed by atoms with Crippen molar-refractivity contribution >= 4 is 17.6 Å². The van der Waals surface area contributed by atoms with Crippen molar-refractivity contribution in [3.05, 3.63) is 28.8 Å². The molecule has 1 aromatic rings. The molecule has 0 aromatic heterocycles. The molecule has 0 bridgehead atoms. The van der Waals surface area contributed by atoms with E-state index in [1.54, 1.807) is 18.2 Å². The second-order valence-corrected chi connectivity index (χ2v) is 5.50. The summed E-state index contributed by atoms with van der Waals surface area (Å²) in [7, 11) is 0. The van der Waals surface area contributed by atoms with Gasteiger partial charge in [0, 0.05) is 6.07 Å². The standard InChI is InChI=1S/C16H18ClNO3/c1-2-20-16(19)11-3-6-13(7-4-11)21-14-8-5-12(10-18)15(17)9-14/h5,8-9,11,13H,2-4,6-7H2,1H3/t11-,13-. The third kappa shape index (κ3) is 4.12. The van der Waals surface area contributed by atoms with Crippen molar-refractivity contribution in [1.29, 1.82) is 5.26 Å². The summed E-state index contributed by atoms with van der Waals surface area (Å²) in [5, 5.41) is 9.23. The van der Waals surface area contributed by atoms with E-state index in [-0.39, 0.29) is 18.0 Å². The fraction of sp³-hybridized carbons (Fsp3) is 0.500. The summed E-state index contributed by atoms with van der Waals surface area (Å²) in [5.74, 6) is 0.560. The van der Waals surface area contributed by atoms with Crippen LogP contribution in [0, 0.1) is 17.2 Å². The van der Waals surface area contributed by atoms with Crippen molar-refractivity contribution in [3.8, 4) is 11.8 Å². The third-order valence-corrected chi connectivity index (χ3v) is 3.97. The van der Waals surface area contributed by atoms with Gasteiger partial charge in [0.15, 0.2) is 0 Å². The molecule has 112 valence electrons. The van der Waals surface area contributed by atoms with Gasteiger partial charge in [-0.1, -0.05) is 11.6 Å². The van der Waals surface area contributed by atoms with Gasteiger partial charge in [-0.25, -0.2) is 0 Å². The van der Waals surface area contributed by atoms with Gasteiger partial charge in [0.1, 0.15) is 11.8 Å². The van der Waals surface area contributed by atoms with E-state index in [1.165, 1.54) is 0 Å². The van der Waals surface area contributed by atoms with Crippen LogP contribution in [0.5, 0.6) is 5.75 Å². The fourth-order valence-corrected chi connectivity index (χ4v) is 2.74. The molecule has 1 fully saturated rings. The van der Waals surface area contributed by atoms with Crippen LogP contribution in [0.3, 0.4) is 0 Å². The molecule has 0 unspecified atom stereocenters. The molecule has 1 aromatic carbocycles. The third-order valence-electron chi connectivity index (χ3n) is 3.66. The lowest BCUT2D eigenvalue weighted by atomic mass is 9.87. The second-order valence-electron chi connectivity index (χ2n) is 5.10. The quantitative estimate of drug-likeness (QED) is 0.796. The molecule has 0 spiro atoms. The van der Waals surface area contributed by atoms with E-state index in [4.69, 9.17) is 26.3 Å². The first kappa shape index (κ1) is 15.7. The SMILES string of the molecule is CCOC(=O)[C@H]1CC[C@H](Oc2ccc(C#N)c(Cl)c2)CC1. The maximum absolute atomic E-state index is 11.7. The number of nitrogens with zero attached hydrogens (tertiary/aromatic N) is 1. The van der Waals surface area contributed by atoms with Crippen molar-refractivity contribution < 1.29 is 14.3 Å². The van der Waals surface area contributed by atoms with Crippen molar-refractivity contribution in [2.75, 3.05) is 6.61 Å². The summed E-state index contributed by atoms with van der Waals surface area (Å²) in [4.78, 5) is 11.7. The molecule has 1 aliphatic rings. The van der Waals surface area contributed by atoms with Gasteiger partial charge in [0.05, 0.1) is 29.2 Å². The van der Waals surface area contributed by atoms with Crippen LogP contribution >= 0.6 is 11.6 Å². The number of halogens is 1. The number of esters is 1. The van der Waals surface area contributed by atoms with Crippen LogP contribution in [0.15, 0.2) is 18.2 Å². The van der Waals surface area contributed by atoms with Crippen molar-refractivity contribution in [1.82, 2.24) is 0 Å². The highest BCUT2D eigenvalue weighted by atomic mass is 35.5. The van der Waals surface area contributed by atoms with Gasteiger partial charge in [-0.2, -0.15) is 5.26 Å². The van der Waals surface area contributed by atoms with Crippen LogP contribution < -0.4 is 4.74 Å². The molecule has 0 N–H and O–H groups in total. The summed E-state index contributed by atoms with van der Waals surface area (Å²) < 4.78 is 10.9. The van der Waals surface area contributed by atoms with E-state index < -0.39 is 0 Å². The Morgan fingerprint density at radius 1 is 1.38 bits per heavy atom. The molecule has 5 heteroatoms. The zero-order valence-electron chi connectivity index (χ0n) is 12.0. The molecule has 0 aliphatic heterocycles. The molecule has 0 atom stereocenters. The number of carbonyl (C=O) groups is 1. The topological polar surface area (TPSA) is 59.3 Å². The monoisotopic (exact) mass is 307 g/mol. The van der Waals surface area contributed by atoms with Gasteiger partial charge < -0.3 is 9.47 Å². The van der Waals surface area contributed by atoms with Gasteiger partial charge in [0.2, 0.25) is 0 Å². The van der Waals surface area contributed by atoms with Crippen LogP contribution in [0.2, 0.25) is 5.02 Å². The Morgan fingerprint density at radius 2 is 2.10 bits per heavy atom. The number of hydrogen-bond donors (Lipinski definition) is 0. The predicted molar refractivity (Wildman–Crippen MR) is 79.2 cm³/mol. The Labute approximate surface area is 129 Å². The van der Waals surface area contributed by atoms with Crippen molar-refractivity contribution in [2.45, 2.75) is 38.7 Å². The number of benzene rings is 1. The summed E-state index contributed by atoms with van der Waals surface area (Å²) in [5.41, 5.74) is 0.440. The number of ether oxygens (including phenoxy) is 2. The van der Waals surface area contributed by atoms with Crippen molar-refractivity contribution in [2.24, 2.45) is 5.92 Å². The minimum absolute atomic E-state index is 0.00523. The Kier molecular flexibility index (Phi) is 5.46. The molecular weight excluding hydrogens is 290 g/mol. The smallest absolute Gasteiger partial charge is 0.308 e. The minimum atomic E-state index is -0.0997. The highest BCUT2D eigenvalue weighted by Crippen LogP contribution is 2.30. The van der Waals surface area contributed by atoms with Crippen LogP contribution in [0.25, 0.3) is 0 Å². The van der Waals surface area contributed by atoms with E-state index in [0.717, 1.165) is 25.7 Å². The molecule has 2 rings (SSSR count). The molecule has 4 nitrogen and oxygen atoms in total. The zero-order chi connectivity index (χ0) is 15.2. The van der Waals surface area contributed by atoms with Crippen LogP contribution in [0.1, 0.15) is 38.2 Å². The first-order chi connectivity index (χ1) is 10.1. The maximum Gasteiger partial charge on any atom is 0.308 e. The van der Waals surface area contributed by atoms with E-state index in [9.17, 15) is 4.79 Å².